The third-order valence-electron chi connectivity index (χ3n) is 3.58. The van der Waals surface area contributed by atoms with Gasteiger partial charge in [-0.2, -0.15) is 0 Å². The van der Waals surface area contributed by atoms with Gasteiger partial charge in [-0.1, -0.05) is 0 Å². The lowest BCUT2D eigenvalue weighted by atomic mass is 10.2. The van der Waals surface area contributed by atoms with Crippen molar-refractivity contribution in [2.45, 2.75) is 6.04 Å². The molecule has 106 valence electrons. The van der Waals surface area contributed by atoms with E-state index < -0.39 is 4.92 Å². The maximum atomic E-state index is 10.9. The van der Waals surface area contributed by atoms with E-state index in [2.05, 4.69) is 34.2 Å². The van der Waals surface area contributed by atoms with E-state index in [4.69, 9.17) is 0 Å². The molecule has 1 saturated heterocycles. The van der Waals surface area contributed by atoms with Crippen molar-refractivity contribution < 1.29 is 4.92 Å². The maximum Gasteiger partial charge on any atom is 0.406 e. The van der Waals surface area contributed by atoms with Gasteiger partial charge in [-0.3, -0.25) is 9.47 Å². The number of likely N-dealkylation sites (N-methyl/N-ethyl adjacent to an activating group) is 2. The first-order valence-corrected chi connectivity index (χ1v) is 6.27. The minimum Gasteiger partial charge on any atom is -0.363 e. The number of piperazine rings is 1. The number of aryl methyl sites for hydroxylation is 1. The molecular weight excluding hydrogens is 248 g/mol. The molecule has 8 heteroatoms. The van der Waals surface area contributed by atoms with Gasteiger partial charge in [-0.05, 0) is 24.0 Å². The third kappa shape index (κ3) is 3.02. The lowest BCUT2D eigenvalue weighted by Crippen LogP contribution is -2.52. The number of anilines is 1. The number of imidazole rings is 1. The highest BCUT2D eigenvalue weighted by Crippen LogP contribution is 2.21. The molecule has 1 fully saturated rings. The van der Waals surface area contributed by atoms with Crippen molar-refractivity contribution in [3.63, 3.8) is 0 Å². The van der Waals surface area contributed by atoms with Crippen LogP contribution >= 0.6 is 0 Å². The number of hydrogen-bond donors (Lipinski definition) is 1. The zero-order valence-electron chi connectivity index (χ0n) is 11.5. The fourth-order valence-electron chi connectivity index (χ4n) is 2.29. The standard InChI is InChI=1S/C11H20N6O2/c1-14-4-5-15(2)9(7-14)6-12-10-11(17(18)19)13-8-16(10)3/h8-9,12H,4-7H2,1-3H3. The van der Waals surface area contributed by atoms with Crippen molar-refractivity contribution in [3.05, 3.63) is 16.4 Å². The van der Waals surface area contributed by atoms with Crippen LogP contribution in [-0.2, 0) is 7.05 Å². The van der Waals surface area contributed by atoms with Crippen LogP contribution in [0.2, 0.25) is 0 Å². The summed E-state index contributed by atoms with van der Waals surface area (Å²) >= 11 is 0. The first-order chi connectivity index (χ1) is 8.99. The Balaban J connectivity index is 2.02. The molecule has 0 amide bonds. The minimum absolute atomic E-state index is 0.116. The quantitative estimate of drug-likeness (QED) is 0.611. The normalized spacial score (nSPS) is 21.5. The summed E-state index contributed by atoms with van der Waals surface area (Å²) in [6.45, 7) is 3.69. The van der Waals surface area contributed by atoms with Crippen LogP contribution in [0.1, 0.15) is 0 Å². The Labute approximate surface area is 112 Å². The summed E-state index contributed by atoms with van der Waals surface area (Å²) in [4.78, 5) is 18.7. The van der Waals surface area contributed by atoms with Gasteiger partial charge in [0.15, 0.2) is 0 Å². The molecule has 8 nitrogen and oxygen atoms in total. The van der Waals surface area contributed by atoms with E-state index in [1.807, 2.05) is 0 Å². The van der Waals surface area contributed by atoms with Gasteiger partial charge in [0.05, 0.1) is 0 Å². The first kappa shape index (κ1) is 13.8. The topological polar surface area (TPSA) is 79.5 Å². The molecule has 1 atom stereocenters. The average Bonchev–Trinajstić information content (AvgIpc) is 2.72. The van der Waals surface area contributed by atoms with Gasteiger partial charge in [-0.25, -0.2) is 0 Å². The average molecular weight is 268 g/mol. The highest BCUT2D eigenvalue weighted by Gasteiger charge is 2.25. The summed E-state index contributed by atoms with van der Waals surface area (Å²) in [5.41, 5.74) is 0. The molecule has 1 N–H and O–H groups in total. The number of nitro groups is 1. The molecule has 19 heavy (non-hydrogen) atoms. The molecule has 0 aliphatic carbocycles. The fraction of sp³-hybridized carbons (Fsp3) is 0.727. The molecule has 0 saturated carbocycles. The Kier molecular flexibility index (Phi) is 4.01. The zero-order chi connectivity index (χ0) is 14.0. The van der Waals surface area contributed by atoms with E-state index in [0.29, 0.717) is 18.4 Å². The first-order valence-electron chi connectivity index (χ1n) is 6.27. The molecule has 0 bridgehead atoms. The summed E-state index contributed by atoms with van der Waals surface area (Å²) in [5.74, 6) is 0.348. The molecule has 0 aromatic carbocycles. The molecule has 0 radical (unpaired) electrons. The van der Waals surface area contributed by atoms with Crippen molar-refractivity contribution in [1.29, 1.82) is 0 Å². The molecule has 1 aromatic rings. The van der Waals surface area contributed by atoms with Crippen LogP contribution < -0.4 is 5.32 Å². The predicted octanol–water partition coefficient (Wildman–Crippen LogP) is -0.0140. The molecule has 0 spiro atoms. The summed E-state index contributed by atoms with van der Waals surface area (Å²) in [6.07, 6.45) is 1.46. The number of rotatable bonds is 4. The van der Waals surface area contributed by atoms with Crippen LogP contribution in [0.5, 0.6) is 0 Å². The largest absolute Gasteiger partial charge is 0.406 e. The molecule has 2 rings (SSSR count). The highest BCUT2D eigenvalue weighted by molar-refractivity contribution is 5.52. The van der Waals surface area contributed by atoms with Gasteiger partial charge in [-0.15, -0.1) is 0 Å². The Morgan fingerprint density at radius 1 is 1.47 bits per heavy atom. The summed E-state index contributed by atoms with van der Waals surface area (Å²) in [6, 6.07) is 0.341. The smallest absolute Gasteiger partial charge is 0.363 e. The van der Waals surface area contributed by atoms with Gasteiger partial charge in [0.25, 0.3) is 0 Å². The second kappa shape index (κ2) is 5.54. The van der Waals surface area contributed by atoms with E-state index in [1.165, 1.54) is 6.33 Å². The number of aromatic nitrogens is 2. The van der Waals surface area contributed by atoms with E-state index in [0.717, 1.165) is 19.6 Å². The number of nitrogens with zero attached hydrogens (tertiary/aromatic N) is 5. The fourth-order valence-corrected chi connectivity index (χ4v) is 2.29. The second-order valence-corrected chi connectivity index (χ2v) is 5.06. The highest BCUT2D eigenvalue weighted by atomic mass is 16.6. The van der Waals surface area contributed by atoms with Crippen molar-refractivity contribution in [3.8, 4) is 0 Å². The Morgan fingerprint density at radius 3 is 2.89 bits per heavy atom. The molecule has 2 heterocycles. The van der Waals surface area contributed by atoms with E-state index in [-0.39, 0.29) is 5.82 Å². The van der Waals surface area contributed by atoms with Crippen LogP contribution in [0, 0.1) is 10.1 Å². The van der Waals surface area contributed by atoms with Gasteiger partial charge in [0.1, 0.15) is 0 Å². The van der Waals surface area contributed by atoms with Gasteiger partial charge in [0, 0.05) is 39.3 Å². The molecule has 1 aliphatic heterocycles. The third-order valence-corrected chi connectivity index (χ3v) is 3.58. The minimum atomic E-state index is -0.459. The van der Waals surface area contributed by atoms with Gasteiger partial charge >= 0.3 is 5.82 Å². The van der Waals surface area contributed by atoms with Crippen LogP contribution in [0.3, 0.4) is 0 Å². The summed E-state index contributed by atoms with van der Waals surface area (Å²) < 4.78 is 1.64. The van der Waals surface area contributed by atoms with Gasteiger partial charge in [0.2, 0.25) is 12.1 Å². The Hall–Kier alpha value is -1.67. The monoisotopic (exact) mass is 268 g/mol. The van der Waals surface area contributed by atoms with Crippen LogP contribution in [0.25, 0.3) is 0 Å². The lowest BCUT2D eigenvalue weighted by molar-refractivity contribution is -0.388. The molecule has 1 unspecified atom stereocenters. The summed E-state index contributed by atoms with van der Waals surface area (Å²) in [5, 5.41) is 14.0. The van der Waals surface area contributed by atoms with E-state index in [9.17, 15) is 10.1 Å². The van der Waals surface area contributed by atoms with Crippen LogP contribution in [0.15, 0.2) is 6.33 Å². The van der Waals surface area contributed by atoms with E-state index in [1.54, 1.807) is 11.6 Å². The number of hydrogen-bond acceptors (Lipinski definition) is 6. The van der Waals surface area contributed by atoms with Crippen molar-refractivity contribution in [2.75, 3.05) is 45.6 Å². The molecule has 1 aromatic heterocycles. The molecule has 1 aliphatic rings. The molecular formula is C11H20N6O2. The van der Waals surface area contributed by atoms with Crippen molar-refractivity contribution >= 4 is 11.6 Å². The second-order valence-electron chi connectivity index (χ2n) is 5.06. The lowest BCUT2D eigenvalue weighted by Gasteiger charge is -2.37. The van der Waals surface area contributed by atoms with Crippen molar-refractivity contribution in [2.24, 2.45) is 7.05 Å². The SMILES string of the molecule is CN1CCN(C)C(CNc2c([N+](=O)[O-])ncn2C)C1. The zero-order valence-corrected chi connectivity index (χ0v) is 11.5. The summed E-state index contributed by atoms with van der Waals surface area (Å²) in [7, 11) is 5.92. The van der Waals surface area contributed by atoms with E-state index >= 15 is 0 Å². The Bertz CT molecular complexity index is 460. The number of nitrogens with one attached hydrogen (secondary N) is 1. The van der Waals surface area contributed by atoms with Crippen molar-refractivity contribution in [1.82, 2.24) is 19.4 Å². The predicted molar refractivity (Wildman–Crippen MR) is 72.3 cm³/mol. The van der Waals surface area contributed by atoms with Crippen LogP contribution in [-0.4, -0.2) is 70.6 Å². The van der Waals surface area contributed by atoms with Gasteiger partial charge < -0.3 is 20.3 Å². The van der Waals surface area contributed by atoms with Crippen LogP contribution in [0.4, 0.5) is 11.6 Å². The maximum absolute atomic E-state index is 10.9. The Morgan fingerprint density at radius 2 is 2.21 bits per heavy atom.